The van der Waals surface area contributed by atoms with Crippen LogP contribution in [0.2, 0.25) is 0 Å². The Hall–Kier alpha value is -1.77. The van der Waals surface area contributed by atoms with E-state index in [0.717, 1.165) is 30.6 Å². The molecular weight excluding hydrogens is 453 g/mol. The van der Waals surface area contributed by atoms with Crippen molar-refractivity contribution in [1.29, 1.82) is 0 Å². The maximum atomic E-state index is 5.49. The van der Waals surface area contributed by atoms with E-state index in [-0.39, 0.29) is 24.0 Å². The number of hydrogen-bond acceptors (Lipinski definition) is 3. The van der Waals surface area contributed by atoms with Gasteiger partial charge in [-0.15, -0.1) is 24.0 Å². The summed E-state index contributed by atoms with van der Waals surface area (Å²) < 4.78 is 7.69. The van der Waals surface area contributed by atoms with E-state index in [4.69, 9.17) is 4.74 Å². The quantitative estimate of drug-likeness (QED) is 0.352. The number of guanidine groups is 1. The Bertz CT molecular complexity index is 697. The molecule has 0 saturated heterocycles. The van der Waals surface area contributed by atoms with Gasteiger partial charge in [0.2, 0.25) is 0 Å². The molecule has 1 N–H and O–H groups in total. The lowest BCUT2D eigenvalue weighted by Crippen LogP contribution is -2.38. The zero-order valence-electron chi connectivity index (χ0n) is 17.0. The zero-order chi connectivity index (χ0) is 18.9. The lowest BCUT2D eigenvalue weighted by molar-refractivity contribution is 0.340. The lowest BCUT2D eigenvalue weighted by Gasteiger charge is -2.22. The molecule has 0 fully saturated rings. The smallest absolute Gasteiger partial charge is 0.194 e. The number of aromatic nitrogens is 2. The maximum Gasteiger partial charge on any atom is 0.194 e. The topological polar surface area (TPSA) is 54.7 Å². The van der Waals surface area contributed by atoms with Crippen LogP contribution in [-0.2, 0) is 19.6 Å². The molecule has 7 heteroatoms. The Balaban J connectivity index is 0.00000364. The monoisotopic (exact) mass is 485 g/mol. The van der Waals surface area contributed by atoms with E-state index in [0.29, 0.717) is 19.1 Å². The highest BCUT2D eigenvalue weighted by Crippen LogP contribution is 2.13. The van der Waals surface area contributed by atoms with E-state index in [1.165, 1.54) is 5.56 Å². The van der Waals surface area contributed by atoms with Gasteiger partial charge in [0.1, 0.15) is 11.6 Å². The predicted octanol–water partition coefficient (Wildman–Crippen LogP) is 3.76. The van der Waals surface area contributed by atoms with Gasteiger partial charge in [-0.25, -0.2) is 4.98 Å². The molecule has 0 radical (unpaired) electrons. The lowest BCUT2D eigenvalue weighted by atomic mass is 10.2. The van der Waals surface area contributed by atoms with Gasteiger partial charge >= 0.3 is 0 Å². The Morgan fingerprint density at radius 3 is 2.59 bits per heavy atom. The van der Waals surface area contributed by atoms with Crippen LogP contribution in [0.5, 0.6) is 5.75 Å². The van der Waals surface area contributed by atoms with Crippen LogP contribution in [0.15, 0.2) is 41.7 Å². The van der Waals surface area contributed by atoms with Gasteiger partial charge in [-0.05, 0) is 30.5 Å². The molecule has 1 aromatic heterocycles. The summed E-state index contributed by atoms with van der Waals surface area (Å²) in [6, 6.07) is 8.19. The van der Waals surface area contributed by atoms with Crippen LogP contribution >= 0.6 is 24.0 Å². The van der Waals surface area contributed by atoms with Crippen molar-refractivity contribution in [3.05, 3.63) is 48.0 Å². The van der Waals surface area contributed by atoms with Gasteiger partial charge in [-0.3, -0.25) is 4.99 Å². The minimum Gasteiger partial charge on any atom is -0.494 e. The SMILES string of the molecule is CCOc1ccc(CN(C)C(=NC)NCc2nccn2CC(C)C)cc1.I. The van der Waals surface area contributed by atoms with Crippen LogP contribution in [0.25, 0.3) is 0 Å². The first kappa shape index (κ1) is 23.3. The highest BCUT2D eigenvalue weighted by molar-refractivity contribution is 14.0. The minimum atomic E-state index is 0. The molecule has 27 heavy (non-hydrogen) atoms. The average molecular weight is 485 g/mol. The zero-order valence-corrected chi connectivity index (χ0v) is 19.3. The van der Waals surface area contributed by atoms with Gasteiger partial charge in [0, 0.05) is 39.6 Å². The van der Waals surface area contributed by atoms with Crippen molar-refractivity contribution >= 4 is 29.9 Å². The summed E-state index contributed by atoms with van der Waals surface area (Å²) in [7, 11) is 3.84. The summed E-state index contributed by atoms with van der Waals surface area (Å²) in [6.07, 6.45) is 3.88. The third-order valence-corrected chi connectivity index (χ3v) is 4.00. The van der Waals surface area contributed by atoms with Crippen LogP contribution in [0.3, 0.4) is 0 Å². The molecule has 1 aromatic carbocycles. The Labute approximate surface area is 180 Å². The van der Waals surface area contributed by atoms with Crippen LogP contribution in [0, 0.1) is 5.92 Å². The molecule has 150 valence electrons. The number of imidazole rings is 1. The summed E-state index contributed by atoms with van der Waals surface area (Å²) >= 11 is 0. The number of hydrogen-bond donors (Lipinski definition) is 1. The summed E-state index contributed by atoms with van der Waals surface area (Å²) in [5.74, 6) is 3.36. The molecule has 0 aliphatic carbocycles. The predicted molar refractivity (Wildman–Crippen MR) is 122 cm³/mol. The first-order chi connectivity index (χ1) is 12.5. The molecule has 0 aliphatic rings. The first-order valence-electron chi connectivity index (χ1n) is 9.17. The van der Waals surface area contributed by atoms with Gasteiger partial charge in [0.15, 0.2) is 5.96 Å². The summed E-state index contributed by atoms with van der Waals surface area (Å²) in [6.45, 7) is 9.48. The van der Waals surface area contributed by atoms with Gasteiger partial charge in [-0.1, -0.05) is 26.0 Å². The van der Waals surface area contributed by atoms with Crippen molar-refractivity contribution in [2.75, 3.05) is 20.7 Å². The highest BCUT2D eigenvalue weighted by atomic mass is 127. The molecule has 2 rings (SSSR count). The number of rotatable bonds is 8. The standard InChI is InChI=1S/C20H31N5O.HI/c1-6-26-18-9-7-17(8-10-18)15-24(5)20(21-4)23-13-19-22-11-12-25(19)14-16(2)3;/h7-12,16H,6,13-15H2,1-5H3,(H,21,23);1H. The molecule has 0 aliphatic heterocycles. The van der Waals surface area contributed by atoms with Gasteiger partial charge in [0.25, 0.3) is 0 Å². The molecular formula is C20H32IN5O. The summed E-state index contributed by atoms with van der Waals surface area (Å²) in [5.41, 5.74) is 1.21. The summed E-state index contributed by atoms with van der Waals surface area (Å²) in [5, 5.41) is 3.41. The molecule has 0 amide bonds. The number of benzene rings is 1. The van der Waals surface area contributed by atoms with Crippen molar-refractivity contribution in [3.63, 3.8) is 0 Å². The number of halogens is 1. The van der Waals surface area contributed by atoms with Crippen LogP contribution in [-0.4, -0.2) is 41.1 Å². The molecule has 2 aromatic rings. The third-order valence-electron chi connectivity index (χ3n) is 4.00. The van der Waals surface area contributed by atoms with Crippen LogP contribution < -0.4 is 10.1 Å². The van der Waals surface area contributed by atoms with Crippen molar-refractivity contribution in [2.45, 2.75) is 40.4 Å². The number of nitrogens with zero attached hydrogens (tertiary/aromatic N) is 4. The van der Waals surface area contributed by atoms with Crippen LogP contribution in [0.1, 0.15) is 32.2 Å². The van der Waals surface area contributed by atoms with E-state index < -0.39 is 0 Å². The summed E-state index contributed by atoms with van der Waals surface area (Å²) in [4.78, 5) is 11.0. The van der Waals surface area contributed by atoms with Gasteiger partial charge in [0.05, 0.1) is 13.2 Å². The molecule has 0 atom stereocenters. The number of aliphatic imine (C=N–C) groups is 1. The van der Waals surface area contributed by atoms with Crippen molar-refractivity contribution in [2.24, 2.45) is 10.9 Å². The van der Waals surface area contributed by atoms with E-state index in [9.17, 15) is 0 Å². The molecule has 0 bridgehead atoms. The van der Waals surface area contributed by atoms with E-state index in [2.05, 4.69) is 50.7 Å². The Morgan fingerprint density at radius 1 is 1.30 bits per heavy atom. The molecule has 0 spiro atoms. The van der Waals surface area contributed by atoms with E-state index in [1.54, 1.807) is 7.05 Å². The first-order valence-corrected chi connectivity index (χ1v) is 9.17. The fourth-order valence-electron chi connectivity index (χ4n) is 2.82. The van der Waals surface area contributed by atoms with Gasteiger partial charge < -0.3 is 19.5 Å². The Morgan fingerprint density at radius 2 is 2.00 bits per heavy atom. The van der Waals surface area contributed by atoms with Crippen molar-refractivity contribution < 1.29 is 4.74 Å². The highest BCUT2D eigenvalue weighted by Gasteiger charge is 2.09. The minimum absolute atomic E-state index is 0. The second kappa shape index (κ2) is 11.8. The molecule has 1 heterocycles. The van der Waals surface area contributed by atoms with Crippen molar-refractivity contribution in [3.8, 4) is 5.75 Å². The fourth-order valence-corrected chi connectivity index (χ4v) is 2.82. The third kappa shape index (κ3) is 7.40. The second-order valence-electron chi connectivity index (χ2n) is 6.72. The number of ether oxygens (including phenoxy) is 1. The fraction of sp³-hybridized carbons (Fsp3) is 0.500. The second-order valence-corrected chi connectivity index (χ2v) is 6.72. The Kier molecular flexibility index (Phi) is 10.2. The normalized spacial score (nSPS) is 11.3. The molecule has 6 nitrogen and oxygen atoms in total. The number of nitrogens with one attached hydrogen (secondary N) is 1. The van der Waals surface area contributed by atoms with E-state index in [1.807, 2.05) is 38.5 Å². The largest absolute Gasteiger partial charge is 0.494 e. The maximum absolute atomic E-state index is 5.49. The van der Waals surface area contributed by atoms with E-state index >= 15 is 0 Å². The van der Waals surface area contributed by atoms with Crippen molar-refractivity contribution in [1.82, 2.24) is 19.8 Å². The molecule has 0 unspecified atom stereocenters. The van der Waals surface area contributed by atoms with Crippen LogP contribution in [0.4, 0.5) is 0 Å². The average Bonchev–Trinajstić information content (AvgIpc) is 3.04. The van der Waals surface area contributed by atoms with Gasteiger partial charge in [-0.2, -0.15) is 0 Å². The molecule has 0 saturated carbocycles.